The van der Waals surface area contributed by atoms with E-state index in [0.717, 1.165) is 25.9 Å². The van der Waals surface area contributed by atoms with E-state index in [9.17, 15) is 9.59 Å². The minimum Gasteiger partial charge on any atom is -0.353 e. The van der Waals surface area contributed by atoms with Crippen LogP contribution in [0.3, 0.4) is 0 Å². The van der Waals surface area contributed by atoms with Gasteiger partial charge in [0.2, 0.25) is 11.8 Å². The monoisotopic (exact) mass is 283 g/mol. The maximum absolute atomic E-state index is 11.9. The van der Waals surface area contributed by atoms with E-state index in [1.54, 1.807) is 6.92 Å². The summed E-state index contributed by atoms with van der Waals surface area (Å²) in [5.41, 5.74) is 0. The van der Waals surface area contributed by atoms with E-state index in [4.69, 9.17) is 0 Å². The summed E-state index contributed by atoms with van der Waals surface area (Å²) < 4.78 is 0. The third-order valence-corrected chi connectivity index (χ3v) is 3.82. The van der Waals surface area contributed by atoms with Crippen molar-refractivity contribution < 1.29 is 9.59 Å². The molecule has 0 aromatic carbocycles. The van der Waals surface area contributed by atoms with Crippen LogP contribution in [0.5, 0.6) is 0 Å². The molecule has 0 aliphatic heterocycles. The van der Waals surface area contributed by atoms with Crippen molar-refractivity contribution in [2.75, 3.05) is 19.6 Å². The average Bonchev–Trinajstić information content (AvgIpc) is 2.44. The first-order chi connectivity index (χ1) is 9.63. The van der Waals surface area contributed by atoms with Crippen LogP contribution >= 0.6 is 0 Å². The highest BCUT2D eigenvalue weighted by Crippen LogP contribution is 2.26. The predicted molar refractivity (Wildman–Crippen MR) is 80.4 cm³/mol. The van der Waals surface area contributed by atoms with Crippen LogP contribution in [0, 0.1) is 5.92 Å². The summed E-state index contributed by atoms with van der Waals surface area (Å²) in [6, 6.07) is -0.451. The summed E-state index contributed by atoms with van der Waals surface area (Å²) >= 11 is 0. The first kappa shape index (κ1) is 17.0. The molecule has 1 saturated carbocycles. The Morgan fingerprint density at radius 1 is 1.15 bits per heavy atom. The number of carbonyl (C=O) groups excluding carboxylic acids is 2. The van der Waals surface area contributed by atoms with E-state index < -0.39 is 6.04 Å². The van der Waals surface area contributed by atoms with Gasteiger partial charge in [-0.25, -0.2) is 0 Å². The summed E-state index contributed by atoms with van der Waals surface area (Å²) in [4.78, 5) is 23.7. The highest BCUT2D eigenvalue weighted by molar-refractivity contribution is 5.87. The molecule has 1 rings (SSSR count). The number of carbonyl (C=O) groups is 2. The number of amides is 2. The van der Waals surface area contributed by atoms with Crippen LogP contribution in [-0.4, -0.2) is 37.5 Å². The van der Waals surface area contributed by atoms with Gasteiger partial charge in [0.25, 0.3) is 0 Å². The highest BCUT2D eigenvalue weighted by Gasteiger charge is 2.20. The molecule has 2 amide bonds. The molecular weight excluding hydrogens is 254 g/mol. The lowest BCUT2D eigenvalue weighted by Gasteiger charge is -2.22. The van der Waals surface area contributed by atoms with Gasteiger partial charge in [-0.2, -0.15) is 0 Å². The SMILES string of the molecule is CCNCCNC(=O)C(C)NC(=O)CC1CCCCC1. The number of nitrogens with one attached hydrogen (secondary N) is 3. The Bertz CT molecular complexity index is 301. The van der Waals surface area contributed by atoms with Crippen LogP contribution in [0.25, 0.3) is 0 Å². The molecule has 0 heterocycles. The van der Waals surface area contributed by atoms with E-state index in [1.165, 1.54) is 19.3 Å². The minimum atomic E-state index is -0.451. The molecule has 20 heavy (non-hydrogen) atoms. The van der Waals surface area contributed by atoms with Gasteiger partial charge in [0.15, 0.2) is 0 Å². The number of likely N-dealkylation sites (N-methyl/N-ethyl adjacent to an activating group) is 1. The van der Waals surface area contributed by atoms with Crippen molar-refractivity contribution in [2.24, 2.45) is 5.92 Å². The molecule has 1 aliphatic rings. The smallest absolute Gasteiger partial charge is 0.242 e. The maximum Gasteiger partial charge on any atom is 0.242 e. The molecular formula is C15H29N3O2. The second kappa shape index (κ2) is 9.75. The Morgan fingerprint density at radius 3 is 2.50 bits per heavy atom. The Morgan fingerprint density at radius 2 is 1.85 bits per heavy atom. The van der Waals surface area contributed by atoms with Crippen molar-refractivity contribution in [3.8, 4) is 0 Å². The lowest BCUT2D eigenvalue weighted by molar-refractivity contribution is -0.129. The summed E-state index contributed by atoms with van der Waals surface area (Å²) in [5, 5.41) is 8.74. The Balaban J connectivity index is 2.17. The van der Waals surface area contributed by atoms with Crippen LogP contribution in [0.2, 0.25) is 0 Å². The Hall–Kier alpha value is -1.10. The van der Waals surface area contributed by atoms with Gasteiger partial charge in [0.1, 0.15) is 6.04 Å². The molecule has 3 N–H and O–H groups in total. The lowest BCUT2D eigenvalue weighted by Crippen LogP contribution is -2.46. The number of hydrogen-bond acceptors (Lipinski definition) is 3. The number of rotatable bonds is 8. The van der Waals surface area contributed by atoms with Crippen LogP contribution in [-0.2, 0) is 9.59 Å². The van der Waals surface area contributed by atoms with Crippen molar-refractivity contribution >= 4 is 11.8 Å². The van der Waals surface area contributed by atoms with Gasteiger partial charge in [-0.3, -0.25) is 9.59 Å². The van der Waals surface area contributed by atoms with E-state index in [0.29, 0.717) is 18.9 Å². The molecule has 1 atom stereocenters. The van der Waals surface area contributed by atoms with Crippen molar-refractivity contribution in [2.45, 2.75) is 58.4 Å². The van der Waals surface area contributed by atoms with Gasteiger partial charge < -0.3 is 16.0 Å². The molecule has 1 fully saturated rings. The Labute approximate surface area is 122 Å². The van der Waals surface area contributed by atoms with E-state index >= 15 is 0 Å². The third kappa shape index (κ3) is 6.89. The zero-order valence-corrected chi connectivity index (χ0v) is 12.8. The lowest BCUT2D eigenvalue weighted by atomic mass is 9.87. The summed E-state index contributed by atoms with van der Waals surface area (Å²) in [5.74, 6) is 0.402. The molecule has 116 valence electrons. The fraction of sp³-hybridized carbons (Fsp3) is 0.867. The zero-order chi connectivity index (χ0) is 14.8. The van der Waals surface area contributed by atoms with Crippen LogP contribution in [0.1, 0.15) is 52.4 Å². The van der Waals surface area contributed by atoms with E-state index in [1.807, 2.05) is 6.92 Å². The second-order valence-electron chi connectivity index (χ2n) is 5.64. The van der Waals surface area contributed by atoms with Crippen LogP contribution < -0.4 is 16.0 Å². The fourth-order valence-electron chi connectivity index (χ4n) is 2.62. The first-order valence-corrected chi connectivity index (χ1v) is 7.91. The molecule has 5 heteroatoms. The van der Waals surface area contributed by atoms with Gasteiger partial charge in [0.05, 0.1) is 0 Å². The van der Waals surface area contributed by atoms with Crippen molar-refractivity contribution in [1.29, 1.82) is 0 Å². The topological polar surface area (TPSA) is 70.2 Å². The Kier molecular flexibility index (Phi) is 8.26. The molecule has 5 nitrogen and oxygen atoms in total. The van der Waals surface area contributed by atoms with Crippen molar-refractivity contribution in [3.63, 3.8) is 0 Å². The molecule has 1 aliphatic carbocycles. The summed E-state index contributed by atoms with van der Waals surface area (Å²) in [6.07, 6.45) is 6.63. The van der Waals surface area contributed by atoms with Gasteiger partial charge in [-0.1, -0.05) is 26.2 Å². The minimum absolute atomic E-state index is 0.00577. The average molecular weight is 283 g/mol. The standard InChI is InChI=1S/C15H29N3O2/c1-3-16-9-10-17-15(20)12(2)18-14(19)11-13-7-5-4-6-8-13/h12-13,16H,3-11H2,1-2H3,(H,17,20)(H,18,19). The predicted octanol–water partition coefficient (Wildman–Crippen LogP) is 1.19. The number of hydrogen-bond donors (Lipinski definition) is 3. The van der Waals surface area contributed by atoms with Gasteiger partial charge >= 0.3 is 0 Å². The highest BCUT2D eigenvalue weighted by atomic mass is 16.2. The second-order valence-corrected chi connectivity index (χ2v) is 5.64. The van der Waals surface area contributed by atoms with Crippen molar-refractivity contribution in [1.82, 2.24) is 16.0 Å². The molecule has 0 bridgehead atoms. The molecule has 0 saturated heterocycles. The molecule has 0 aromatic heterocycles. The molecule has 0 radical (unpaired) electrons. The zero-order valence-electron chi connectivity index (χ0n) is 12.8. The first-order valence-electron chi connectivity index (χ1n) is 7.91. The molecule has 1 unspecified atom stereocenters. The third-order valence-electron chi connectivity index (χ3n) is 3.82. The molecule has 0 aromatic rings. The van der Waals surface area contributed by atoms with Gasteiger partial charge in [-0.05, 0) is 32.2 Å². The quantitative estimate of drug-likeness (QED) is 0.586. The van der Waals surface area contributed by atoms with Gasteiger partial charge in [-0.15, -0.1) is 0 Å². The van der Waals surface area contributed by atoms with E-state index in [-0.39, 0.29) is 11.8 Å². The summed E-state index contributed by atoms with van der Waals surface area (Å²) in [6.45, 7) is 6.00. The van der Waals surface area contributed by atoms with Crippen LogP contribution in [0.4, 0.5) is 0 Å². The largest absolute Gasteiger partial charge is 0.353 e. The maximum atomic E-state index is 11.9. The van der Waals surface area contributed by atoms with Gasteiger partial charge in [0, 0.05) is 19.5 Å². The summed E-state index contributed by atoms with van der Waals surface area (Å²) in [7, 11) is 0. The normalized spacial score (nSPS) is 17.5. The molecule has 0 spiro atoms. The van der Waals surface area contributed by atoms with Crippen molar-refractivity contribution in [3.05, 3.63) is 0 Å². The van der Waals surface area contributed by atoms with E-state index in [2.05, 4.69) is 16.0 Å². The van der Waals surface area contributed by atoms with Crippen LogP contribution in [0.15, 0.2) is 0 Å². The fourth-order valence-corrected chi connectivity index (χ4v) is 2.62.